The number of amides is 1. The summed E-state index contributed by atoms with van der Waals surface area (Å²) in [6.45, 7) is 0. The van der Waals surface area contributed by atoms with Crippen molar-refractivity contribution in [1.82, 2.24) is 4.98 Å². The molecule has 0 saturated heterocycles. The van der Waals surface area contributed by atoms with E-state index in [2.05, 4.69) is 10.3 Å². The molecule has 0 spiro atoms. The van der Waals surface area contributed by atoms with Crippen molar-refractivity contribution in [2.75, 3.05) is 5.32 Å². The minimum absolute atomic E-state index is 0.0574. The van der Waals surface area contributed by atoms with Gasteiger partial charge in [0.1, 0.15) is 5.82 Å². The van der Waals surface area contributed by atoms with Gasteiger partial charge in [-0.25, -0.2) is 9.78 Å². The molecule has 2 rings (SSSR count). The number of carbonyl (C=O) groups excluding carboxylic acids is 1. The molecule has 6 heteroatoms. The number of hydrogen-bond acceptors (Lipinski definition) is 3. The van der Waals surface area contributed by atoms with E-state index in [1.807, 2.05) is 0 Å². The molecular formula is C15H11ClN2O3. The molecule has 0 aliphatic carbocycles. The van der Waals surface area contributed by atoms with Gasteiger partial charge in [0.15, 0.2) is 0 Å². The fraction of sp³-hybridized carbons (Fsp3) is 0. The summed E-state index contributed by atoms with van der Waals surface area (Å²) in [5, 5.41) is 12.0. The van der Waals surface area contributed by atoms with Crippen molar-refractivity contribution < 1.29 is 14.7 Å². The molecule has 1 heterocycles. The number of benzene rings is 1. The summed E-state index contributed by atoms with van der Waals surface area (Å²) >= 11 is 5.76. The van der Waals surface area contributed by atoms with Gasteiger partial charge in [0.2, 0.25) is 5.91 Å². The topological polar surface area (TPSA) is 79.3 Å². The first-order valence-corrected chi connectivity index (χ1v) is 6.36. The smallest absolute Gasteiger partial charge is 0.335 e. The third kappa shape index (κ3) is 4.43. The predicted molar refractivity (Wildman–Crippen MR) is 80.3 cm³/mol. The Hall–Kier alpha value is -2.66. The molecule has 106 valence electrons. The van der Waals surface area contributed by atoms with Gasteiger partial charge in [0.25, 0.3) is 0 Å². The maximum absolute atomic E-state index is 11.7. The number of pyridine rings is 1. The van der Waals surface area contributed by atoms with Crippen molar-refractivity contribution in [1.29, 1.82) is 0 Å². The number of carboxylic acid groups (broad SMARTS) is 1. The lowest BCUT2D eigenvalue weighted by molar-refractivity contribution is -0.111. The first-order chi connectivity index (χ1) is 10.0. The molecule has 2 aromatic rings. The Morgan fingerprint density at radius 3 is 2.57 bits per heavy atom. The van der Waals surface area contributed by atoms with Gasteiger partial charge in [-0.3, -0.25) is 4.79 Å². The molecule has 1 amide bonds. The van der Waals surface area contributed by atoms with Crippen LogP contribution in [0.15, 0.2) is 48.7 Å². The van der Waals surface area contributed by atoms with Crippen molar-refractivity contribution in [3.05, 3.63) is 64.8 Å². The van der Waals surface area contributed by atoms with E-state index in [9.17, 15) is 9.59 Å². The molecule has 1 aromatic heterocycles. The van der Waals surface area contributed by atoms with Crippen LogP contribution in [0.25, 0.3) is 6.08 Å². The van der Waals surface area contributed by atoms with Gasteiger partial charge < -0.3 is 10.4 Å². The fourth-order valence-electron chi connectivity index (χ4n) is 1.55. The van der Waals surface area contributed by atoms with Gasteiger partial charge in [-0.15, -0.1) is 0 Å². The van der Waals surface area contributed by atoms with Gasteiger partial charge in [-0.1, -0.05) is 23.7 Å². The number of nitrogens with one attached hydrogen (secondary N) is 1. The number of carbonyl (C=O) groups is 2. The standard InChI is InChI=1S/C15H11ClN2O3/c16-12-4-1-10(2-5-12)3-6-14(19)18-13-9-11(15(20)21)7-8-17-13/h1-9H,(H,20,21)(H,17,18,19). The number of nitrogens with zero attached hydrogens (tertiary/aromatic N) is 1. The molecule has 21 heavy (non-hydrogen) atoms. The van der Waals surface area contributed by atoms with Gasteiger partial charge in [-0.2, -0.15) is 0 Å². The van der Waals surface area contributed by atoms with Crippen LogP contribution in [0.5, 0.6) is 0 Å². The van der Waals surface area contributed by atoms with Crippen LogP contribution in [0.4, 0.5) is 5.82 Å². The Kier molecular flexibility index (Phi) is 4.68. The van der Waals surface area contributed by atoms with Gasteiger partial charge >= 0.3 is 5.97 Å². The summed E-state index contributed by atoms with van der Waals surface area (Å²) in [6, 6.07) is 9.62. The van der Waals surface area contributed by atoms with E-state index in [1.165, 1.54) is 24.4 Å². The minimum Gasteiger partial charge on any atom is -0.478 e. The van der Waals surface area contributed by atoms with E-state index >= 15 is 0 Å². The van der Waals surface area contributed by atoms with Crippen LogP contribution in [0, 0.1) is 0 Å². The fourth-order valence-corrected chi connectivity index (χ4v) is 1.67. The number of aromatic nitrogens is 1. The highest BCUT2D eigenvalue weighted by molar-refractivity contribution is 6.30. The molecule has 0 radical (unpaired) electrons. The normalized spacial score (nSPS) is 10.5. The zero-order valence-electron chi connectivity index (χ0n) is 10.8. The van der Waals surface area contributed by atoms with Crippen molar-refractivity contribution in [2.45, 2.75) is 0 Å². The largest absolute Gasteiger partial charge is 0.478 e. The van der Waals surface area contributed by atoms with Crippen LogP contribution in [0.1, 0.15) is 15.9 Å². The van der Waals surface area contributed by atoms with E-state index in [0.717, 1.165) is 5.56 Å². The molecule has 5 nitrogen and oxygen atoms in total. The van der Waals surface area contributed by atoms with E-state index in [0.29, 0.717) is 5.02 Å². The molecule has 0 bridgehead atoms. The minimum atomic E-state index is -1.08. The molecule has 0 aliphatic heterocycles. The molecule has 2 N–H and O–H groups in total. The Labute approximate surface area is 125 Å². The Morgan fingerprint density at radius 2 is 1.90 bits per heavy atom. The van der Waals surface area contributed by atoms with Gasteiger partial charge in [0, 0.05) is 17.3 Å². The number of anilines is 1. The molecular weight excluding hydrogens is 292 g/mol. The summed E-state index contributed by atoms with van der Waals surface area (Å²) in [5.74, 6) is -1.30. The lowest BCUT2D eigenvalue weighted by Crippen LogP contribution is -2.10. The monoisotopic (exact) mass is 302 g/mol. The highest BCUT2D eigenvalue weighted by Gasteiger charge is 2.05. The average Bonchev–Trinajstić information content (AvgIpc) is 2.47. The van der Waals surface area contributed by atoms with Crippen LogP contribution < -0.4 is 5.32 Å². The summed E-state index contributed by atoms with van der Waals surface area (Å²) in [5.41, 5.74) is 0.878. The molecule has 0 fully saturated rings. The highest BCUT2D eigenvalue weighted by atomic mass is 35.5. The summed E-state index contributed by atoms with van der Waals surface area (Å²) in [4.78, 5) is 26.4. The second-order valence-electron chi connectivity index (χ2n) is 4.11. The SMILES string of the molecule is O=C(C=Cc1ccc(Cl)cc1)Nc1cc(C(=O)O)ccn1. The second kappa shape index (κ2) is 6.67. The van der Waals surface area contributed by atoms with Gasteiger partial charge in [-0.05, 0) is 35.9 Å². The van der Waals surface area contributed by atoms with Crippen LogP contribution in [0.2, 0.25) is 5.02 Å². The molecule has 0 atom stereocenters. The summed E-state index contributed by atoms with van der Waals surface area (Å²) < 4.78 is 0. The van der Waals surface area contributed by atoms with Crippen LogP contribution >= 0.6 is 11.6 Å². The van der Waals surface area contributed by atoms with E-state index in [1.54, 1.807) is 30.3 Å². The molecule has 1 aromatic carbocycles. The van der Waals surface area contributed by atoms with E-state index in [-0.39, 0.29) is 11.4 Å². The Bertz CT molecular complexity index is 696. The van der Waals surface area contributed by atoms with Crippen molar-refractivity contribution in [3.8, 4) is 0 Å². The van der Waals surface area contributed by atoms with Crippen LogP contribution in [-0.2, 0) is 4.79 Å². The Balaban J connectivity index is 2.03. The zero-order valence-corrected chi connectivity index (χ0v) is 11.5. The average molecular weight is 303 g/mol. The van der Waals surface area contributed by atoms with Crippen molar-refractivity contribution >= 4 is 35.4 Å². The lowest BCUT2D eigenvalue weighted by Gasteiger charge is -2.02. The predicted octanol–water partition coefficient (Wildman–Crippen LogP) is 3.09. The number of hydrogen-bond donors (Lipinski definition) is 2. The Morgan fingerprint density at radius 1 is 1.19 bits per heavy atom. The van der Waals surface area contributed by atoms with E-state index < -0.39 is 11.9 Å². The van der Waals surface area contributed by atoms with Crippen molar-refractivity contribution in [3.63, 3.8) is 0 Å². The third-order valence-corrected chi connectivity index (χ3v) is 2.81. The molecule has 0 aliphatic rings. The maximum Gasteiger partial charge on any atom is 0.335 e. The number of halogens is 1. The molecule has 0 unspecified atom stereocenters. The quantitative estimate of drug-likeness (QED) is 0.851. The first-order valence-electron chi connectivity index (χ1n) is 5.98. The highest BCUT2D eigenvalue weighted by Crippen LogP contribution is 2.11. The first kappa shape index (κ1) is 14.7. The third-order valence-electron chi connectivity index (χ3n) is 2.56. The lowest BCUT2D eigenvalue weighted by atomic mass is 10.2. The second-order valence-corrected chi connectivity index (χ2v) is 4.55. The van der Waals surface area contributed by atoms with Crippen molar-refractivity contribution in [2.24, 2.45) is 0 Å². The number of aromatic carboxylic acids is 1. The van der Waals surface area contributed by atoms with Crippen LogP contribution in [-0.4, -0.2) is 22.0 Å². The van der Waals surface area contributed by atoms with Gasteiger partial charge in [0.05, 0.1) is 5.56 Å². The van der Waals surface area contributed by atoms with E-state index in [4.69, 9.17) is 16.7 Å². The zero-order chi connectivity index (χ0) is 15.2. The van der Waals surface area contributed by atoms with Crippen LogP contribution in [0.3, 0.4) is 0 Å². The number of rotatable bonds is 4. The summed E-state index contributed by atoms with van der Waals surface area (Å²) in [6.07, 6.45) is 4.27. The molecule has 0 saturated carbocycles. The number of carboxylic acids is 1. The summed E-state index contributed by atoms with van der Waals surface area (Å²) in [7, 11) is 0. The maximum atomic E-state index is 11.7.